The van der Waals surface area contributed by atoms with Gasteiger partial charge >= 0.3 is 17.1 Å². The molecule has 0 aromatic rings. The molecule has 0 aromatic heterocycles. The summed E-state index contributed by atoms with van der Waals surface area (Å²) < 4.78 is 0. The molecule has 6 nitrogen and oxygen atoms in total. The molecule has 0 saturated heterocycles. The van der Waals surface area contributed by atoms with Crippen molar-refractivity contribution in [3.63, 3.8) is 0 Å². The van der Waals surface area contributed by atoms with Crippen molar-refractivity contribution in [3.05, 3.63) is 0 Å². The summed E-state index contributed by atoms with van der Waals surface area (Å²) in [4.78, 5) is 0. The van der Waals surface area contributed by atoms with Crippen molar-refractivity contribution >= 4 is 0 Å². The average Bonchev–Trinajstić information content (AvgIpc) is 2.31. The summed E-state index contributed by atoms with van der Waals surface area (Å²) in [6, 6.07) is 0. The molecule has 0 aliphatic rings. The Morgan fingerprint density at radius 3 is 1.29 bits per heavy atom. The van der Waals surface area contributed by atoms with E-state index < -0.39 is 0 Å². The maximum absolute atomic E-state index is 8.27. The molecule has 8 N–H and O–H groups in total. The third-order valence-electron chi connectivity index (χ3n) is 1.69. The van der Waals surface area contributed by atoms with Crippen LogP contribution in [0, 0.1) is 0 Å². The fourth-order valence-electron chi connectivity index (χ4n) is 0.862. The first-order valence-electron chi connectivity index (χ1n) is 5.86. The van der Waals surface area contributed by atoms with Crippen LogP contribution < -0.4 is 22.1 Å². The van der Waals surface area contributed by atoms with E-state index in [0.29, 0.717) is 13.1 Å². The van der Waals surface area contributed by atoms with Crippen molar-refractivity contribution in [2.24, 2.45) is 11.5 Å². The first-order valence-corrected chi connectivity index (χ1v) is 5.86. The molecule has 0 heterocycles. The second-order valence-electron chi connectivity index (χ2n) is 3.23. The van der Waals surface area contributed by atoms with Crippen LogP contribution in [-0.2, 0) is 17.1 Å². The minimum absolute atomic E-state index is 0. The molecule has 0 amide bonds. The Morgan fingerprint density at radius 1 is 0.706 bits per heavy atom. The predicted molar refractivity (Wildman–Crippen MR) is 67.3 cm³/mol. The summed E-state index contributed by atoms with van der Waals surface area (Å²) in [6.45, 7) is 5.06. The van der Waals surface area contributed by atoms with Crippen LogP contribution in [0.5, 0.6) is 0 Å². The molecule has 7 heteroatoms. The van der Waals surface area contributed by atoms with E-state index >= 15 is 0 Å². The third-order valence-corrected chi connectivity index (χ3v) is 1.69. The van der Waals surface area contributed by atoms with Gasteiger partial charge in [-0.2, -0.15) is 0 Å². The van der Waals surface area contributed by atoms with Gasteiger partial charge in [-0.05, 0) is 39.0 Å². The Kier molecular flexibility index (Phi) is 33.3. The van der Waals surface area contributed by atoms with Gasteiger partial charge in [-0.1, -0.05) is 0 Å². The summed E-state index contributed by atoms with van der Waals surface area (Å²) in [7, 11) is 0. The summed E-state index contributed by atoms with van der Waals surface area (Å²) in [5.74, 6) is 0. The van der Waals surface area contributed by atoms with E-state index in [1.807, 2.05) is 0 Å². The molecular formula is C10H28CuN4O2+2. The molecule has 0 fully saturated rings. The first-order chi connectivity index (χ1) is 7.83. The van der Waals surface area contributed by atoms with Gasteiger partial charge in [0, 0.05) is 13.1 Å². The van der Waals surface area contributed by atoms with E-state index in [1.165, 1.54) is 0 Å². The van der Waals surface area contributed by atoms with Crippen LogP contribution >= 0.6 is 0 Å². The molecule has 0 unspecified atom stereocenters. The number of aliphatic hydroxyl groups is 2. The Labute approximate surface area is 115 Å². The first kappa shape index (κ1) is 22.5. The number of hydrogen-bond donors (Lipinski definition) is 6. The van der Waals surface area contributed by atoms with Crippen molar-refractivity contribution in [2.75, 3.05) is 52.5 Å². The van der Waals surface area contributed by atoms with Crippen LogP contribution in [0.3, 0.4) is 0 Å². The second-order valence-corrected chi connectivity index (χ2v) is 3.23. The molecule has 0 aromatic carbocycles. The molecule has 0 saturated carbocycles. The number of aliphatic hydroxyl groups excluding tert-OH is 2. The molecule has 0 aliphatic heterocycles. The fraction of sp³-hybridized carbons (Fsp3) is 1.00. The maximum Gasteiger partial charge on any atom is 2.00 e. The standard InChI is InChI=1S/2C5H14N2O.Cu/c2*6-2-1-3-7-4-5-8;/h2*7-8H,1-6H2;/q;;+2. The van der Waals surface area contributed by atoms with Crippen molar-refractivity contribution in [2.45, 2.75) is 12.8 Å². The normalized spacial score (nSPS) is 9.18. The Bertz CT molecular complexity index is 88.3. The molecular weight excluding hydrogens is 272 g/mol. The minimum atomic E-state index is 0. The molecule has 0 bridgehead atoms. The Morgan fingerprint density at radius 2 is 1.06 bits per heavy atom. The van der Waals surface area contributed by atoms with Gasteiger partial charge in [0.05, 0.1) is 13.2 Å². The van der Waals surface area contributed by atoms with Gasteiger partial charge < -0.3 is 32.3 Å². The number of nitrogens with one attached hydrogen (secondary N) is 2. The maximum atomic E-state index is 8.27. The van der Waals surface area contributed by atoms with E-state index in [-0.39, 0.29) is 30.3 Å². The minimum Gasteiger partial charge on any atom is -0.395 e. The summed E-state index contributed by atoms with van der Waals surface area (Å²) in [5, 5.41) is 22.6. The Balaban J connectivity index is -0.000000218. The van der Waals surface area contributed by atoms with E-state index in [0.717, 1.165) is 39.0 Å². The van der Waals surface area contributed by atoms with Crippen LogP contribution in [0.1, 0.15) is 12.8 Å². The number of rotatable bonds is 10. The van der Waals surface area contributed by atoms with Gasteiger partial charge in [0.15, 0.2) is 0 Å². The quantitative estimate of drug-likeness (QED) is 0.202. The van der Waals surface area contributed by atoms with Crippen LogP contribution in [0.15, 0.2) is 0 Å². The summed E-state index contributed by atoms with van der Waals surface area (Å²) in [6.07, 6.45) is 1.97. The molecule has 109 valence electrons. The molecule has 0 rings (SSSR count). The van der Waals surface area contributed by atoms with Gasteiger partial charge in [-0.25, -0.2) is 0 Å². The molecule has 0 aliphatic carbocycles. The van der Waals surface area contributed by atoms with Crippen LogP contribution in [0.2, 0.25) is 0 Å². The van der Waals surface area contributed by atoms with Crippen molar-refractivity contribution in [3.8, 4) is 0 Å². The molecule has 17 heavy (non-hydrogen) atoms. The van der Waals surface area contributed by atoms with Gasteiger partial charge in [-0.3, -0.25) is 0 Å². The monoisotopic (exact) mass is 299 g/mol. The van der Waals surface area contributed by atoms with Gasteiger partial charge in [-0.15, -0.1) is 0 Å². The zero-order valence-corrected chi connectivity index (χ0v) is 11.4. The van der Waals surface area contributed by atoms with Gasteiger partial charge in [0.1, 0.15) is 0 Å². The van der Waals surface area contributed by atoms with Gasteiger partial charge in [0.2, 0.25) is 0 Å². The van der Waals surface area contributed by atoms with E-state index in [4.69, 9.17) is 21.7 Å². The summed E-state index contributed by atoms with van der Waals surface area (Å²) in [5.41, 5.74) is 10.4. The average molecular weight is 300 g/mol. The molecule has 1 radical (unpaired) electrons. The van der Waals surface area contributed by atoms with Crippen LogP contribution in [0.4, 0.5) is 0 Å². The molecule has 0 atom stereocenters. The van der Waals surface area contributed by atoms with Crippen molar-refractivity contribution in [1.82, 2.24) is 10.6 Å². The Hall–Kier alpha value is 0.279. The number of nitrogens with two attached hydrogens (primary N) is 2. The largest absolute Gasteiger partial charge is 2.00 e. The SMILES string of the molecule is NCCCNCCO.NCCCNCCO.[Cu+2]. The smallest absolute Gasteiger partial charge is 0.395 e. The zero-order valence-electron chi connectivity index (χ0n) is 10.4. The zero-order chi connectivity index (χ0) is 12.5. The van der Waals surface area contributed by atoms with E-state index in [2.05, 4.69) is 10.6 Å². The van der Waals surface area contributed by atoms with Crippen molar-refractivity contribution in [1.29, 1.82) is 0 Å². The van der Waals surface area contributed by atoms with Gasteiger partial charge in [0.25, 0.3) is 0 Å². The summed E-state index contributed by atoms with van der Waals surface area (Å²) >= 11 is 0. The third kappa shape index (κ3) is 31.4. The van der Waals surface area contributed by atoms with Crippen LogP contribution in [-0.4, -0.2) is 62.7 Å². The second kappa shape index (κ2) is 25.2. The van der Waals surface area contributed by atoms with E-state index in [9.17, 15) is 0 Å². The van der Waals surface area contributed by atoms with Crippen LogP contribution in [0.25, 0.3) is 0 Å². The topological polar surface area (TPSA) is 117 Å². The van der Waals surface area contributed by atoms with Crippen molar-refractivity contribution < 1.29 is 27.3 Å². The number of hydrogen-bond acceptors (Lipinski definition) is 6. The fourth-order valence-corrected chi connectivity index (χ4v) is 0.862. The predicted octanol–water partition coefficient (Wildman–Crippen LogP) is -2.17. The molecule has 0 spiro atoms. The van der Waals surface area contributed by atoms with E-state index in [1.54, 1.807) is 0 Å².